The Morgan fingerprint density at radius 3 is 2.42 bits per heavy atom. The first-order valence-corrected chi connectivity index (χ1v) is 10.1. The topological polar surface area (TPSA) is 70.8 Å². The van der Waals surface area contributed by atoms with E-state index < -0.39 is 36.1 Å². The molecule has 0 amide bonds. The van der Waals surface area contributed by atoms with Crippen molar-refractivity contribution in [3.8, 4) is 16.3 Å². The molecule has 6 nitrogen and oxygen atoms in total. The van der Waals surface area contributed by atoms with Gasteiger partial charge in [0, 0.05) is 5.56 Å². The van der Waals surface area contributed by atoms with Crippen LogP contribution in [0.1, 0.15) is 17.7 Å². The van der Waals surface area contributed by atoms with Crippen molar-refractivity contribution in [2.75, 3.05) is 12.1 Å². The molecule has 3 heterocycles. The maximum absolute atomic E-state index is 14.0. The molecule has 0 spiro atoms. The van der Waals surface area contributed by atoms with Crippen LogP contribution < -0.4 is 9.75 Å². The van der Waals surface area contributed by atoms with E-state index in [2.05, 4.69) is 15.1 Å². The summed E-state index contributed by atoms with van der Waals surface area (Å²) >= 11 is 1.04. The molecule has 33 heavy (non-hydrogen) atoms. The fraction of sp³-hybridized carbons (Fsp3) is 0.250. The molecule has 13 heteroatoms. The van der Waals surface area contributed by atoms with Crippen LogP contribution in [-0.2, 0) is 6.18 Å². The third kappa shape index (κ3) is 4.25. The van der Waals surface area contributed by atoms with E-state index in [1.807, 2.05) is 0 Å². The minimum atomic E-state index is -5.29. The van der Waals surface area contributed by atoms with Crippen LogP contribution in [0.25, 0.3) is 10.6 Å². The number of halogens is 6. The fourth-order valence-corrected chi connectivity index (χ4v) is 3.85. The van der Waals surface area contributed by atoms with E-state index in [9.17, 15) is 31.4 Å². The Balaban J connectivity index is 1.90. The second-order valence-corrected chi connectivity index (χ2v) is 7.94. The molecule has 3 aromatic rings. The Hall–Kier alpha value is -3.19. The predicted octanol–water partition coefficient (Wildman–Crippen LogP) is 5.10. The molecule has 1 atom stereocenters. The lowest BCUT2D eigenvalue weighted by Crippen LogP contribution is -2.55. The highest BCUT2D eigenvalue weighted by Crippen LogP contribution is 2.44. The number of hydrazone groups is 1. The summed E-state index contributed by atoms with van der Waals surface area (Å²) in [6, 6.07) is 9.52. The zero-order chi connectivity index (χ0) is 24.0. The number of methoxy groups -OCH3 is 1. The number of nitrogens with zero attached hydrogens (tertiary/aromatic N) is 4. The molecule has 1 aliphatic rings. The highest BCUT2D eigenvalue weighted by Gasteiger charge is 2.63. The number of hydrogen-bond donors (Lipinski definition) is 1. The summed E-state index contributed by atoms with van der Waals surface area (Å²) in [5, 5.41) is 16.0. The van der Waals surface area contributed by atoms with Crippen molar-refractivity contribution in [1.29, 1.82) is 0 Å². The van der Waals surface area contributed by atoms with Gasteiger partial charge in [-0.2, -0.15) is 36.5 Å². The molecule has 1 aromatic carbocycles. The summed E-state index contributed by atoms with van der Waals surface area (Å²) in [4.78, 5) is 7.42. The molecule has 174 valence electrons. The van der Waals surface area contributed by atoms with Crippen LogP contribution in [0.15, 0.2) is 52.9 Å². The molecule has 1 N–H and O–H groups in total. The highest BCUT2D eigenvalue weighted by atomic mass is 32.1. The summed E-state index contributed by atoms with van der Waals surface area (Å²) in [5.74, 6) is -0.717. The second-order valence-electron chi connectivity index (χ2n) is 7.00. The van der Waals surface area contributed by atoms with Gasteiger partial charge in [-0.05, 0) is 29.6 Å². The second kappa shape index (κ2) is 7.99. The lowest BCUT2D eigenvalue weighted by atomic mass is 10.0. The Morgan fingerprint density at radius 2 is 1.82 bits per heavy atom. The molecule has 0 saturated heterocycles. The standard InChI is InChI=1S/C20H14F6N4O2S/c1-32-12-5-2-4-11(8-12)14-10-18(31,20(24,25)26)30(29-14)17-27-13(15-6-3-7-33-15)9-16(28-17)19(21,22)23/h2-9,31H,10H2,1H3. The van der Waals surface area contributed by atoms with Crippen LogP contribution in [0.3, 0.4) is 0 Å². The van der Waals surface area contributed by atoms with E-state index in [4.69, 9.17) is 4.74 Å². The molecule has 2 aromatic heterocycles. The molecule has 1 aliphatic heterocycles. The lowest BCUT2D eigenvalue weighted by molar-refractivity contribution is -0.254. The van der Waals surface area contributed by atoms with Crippen LogP contribution >= 0.6 is 11.3 Å². The molecular formula is C20H14F6N4O2S. The van der Waals surface area contributed by atoms with Crippen LogP contribution in [0.4, 0.5) is 32.3 Å². The van der Waals surface area contributed by atoms with Crippen LogP contribution in [0.5, 0.6) is 5.75 Å². The minimum Gasteiger partial charge on any atom is -0.497 e. The number of benzene rings is 1. The van der Waals surface area contributed by atoms with E-state index in [1.54, 1.807) is 17.5 Å². The minimum absolute atomic E-state index is 0.00580. The maximum atomic E-state index is 14.0. The van der Waals surface area contributed by atoms with E-state index in [0.29, 0.717) is 11.8 Å². The molecule has 0 bridgehead atoms. The van der Waals surface area contributed by atoms with Gasteiger partial charge in [0.15, 0.2) is 5.69 Å². The zero-order valence-electron chi connectivity index (χ0n) is 16.6. The number of rotatable bonds is 4. The van der Waals surface area contributed by atoms with Crippen molar-refractivity contribution in [1.82, 2.24) is 9.97 Å². The average molecular weight is 488 g/mol. The number of thiophene rings is 1. The number of aromatic nitrogens is 2. The molecule has 0 aliphatic carbocycles. The SMILES string of the molecule is COc1cccc(C2=NN(c3nc(-c4cccs4)cc(C(F)(F)F)n3)C(O)(C(F)(F)F)C2)c1. The first-order chi connectivity index (χ1) is 15.4. The molecule has 0 saturated carbocycles. The third-order valence-electron chi connectivity index (χ3n) is 4.81. The lowest BCUT2D eigenvalue weighted by Gasteiger charge is -2.32. The van der Waals surface area contributed by atoms with Gasteiger partial charge in [0.2, 0.25) is 5.95 Å². The monoisotopic (exact) mass is 488 g/mol. The van der Waals surface area contributed by atoms with Gasteiger partial charge in [0.05, 0.1) is 29.8 Å². The molecule has 0 fully saturated rings. The summed E-state index contributed by atoms with van der Waals surface area (Å²) in [5.41, 5.74) is -5.43. The van der Waals surface area contributed by atoms with Crippen molar-refractivity contribution in [3.63, 3.8) is 0 Å². The third-order valence-corrected chi connectivity index (χ3v) is 5.70. The maximum Gasteiger partial charge on any atom is 0.438 e. The molecule has 0 radical (unpaired) electrons. The van der Waals surface area contributed by atoms with Crippen LogP contribution in [0, 0.1) is 0 Å². The van der Waals surface area contributed by atoms with Crippen molar-refractivity contribution >= 4 is 23.0 Å². The van der Waals surface area contributed by atoms with Gasteiger partial charge in [-0.3, -0.25) is 0 Å². The van der Waals surface area contributed by atoms with E-state index >= 15 is 0 Å². The quantitative estimate of drug-likeness (QED) is 0.518. The number of aliphatic hydroxyl groups is 1. The van der Waals surface area contributed by atoms with E-state index in [0.717, 1.165) is 11.3 Å². The number of anilines is 1. The normalized spacial score (nSPS) is 19.0. The summed E-state index contributed by atoms with van der Waals surface area (Å²) < 4.78 is 87.4. The van der Waals surface area contributed by atoms with E-state index in [-0.39, 0.29) is 26.9 Å². The Bertz CT molecular complexity index is 1200. The van der Waals surface area contributed by atoms with Gasteiger partial charge in [-0.15, -0.1) is 11.3 Å². The van der Waals surface area contributed by atoms with Crippen molar-refractivity contribution in [2.24, 2.45) is 5.10 Å². The number of hydrogen-bond acceptors (Lipinski definition) is 7. The van der Waals surface area contributed by atoms with Crippen molar-refractivity contribution < 1.29 is 36.2 Å². The van der Waals surface area contributed by atoms with Crippen LogP contribution in [0.2, 0.25) is 0 Å². The first kappa shape index (κ1) is 23.0. The Labute approximate surface area is 186 Å². The van der Waals surface area contributed by atoms with Crippen molar-refractivity contribution in [3.05, 3.63) is 59.1 Å². The first-order valence-electron chi connectivity index (χ1n) is 9.24. The highest BCUT2D eigenvalue weighted by molar-refractivity contribution is 7.13. The Kier molecular flexibility index (Phi) is 5.56. The molecular weight excluding hydrogens is 474 g/mol. The predicted molar refractivity (Wildman–Crippen MR) is 108 cm³/mol. The summed E-state index contributed by atoms with van der Waals surface area (Å²) in [6.45, 7) is 0. The molecule has 1 unspecified atom stereocenters. The number of ether oxygens (including phenoxy) is 1. The largest absolute Gasteiger partial charge is 0.497 e. The van der Waals surface area contributed by atoms with Gasteiger partial charge in [-0.25, -0.2) is 9.97 Å². The van der Waals surface area contributed by atoms with Gasteiger partial charge in [0.25, 0.3) is 5.72 Å². The number of alkyl halides is 6. The van der Waals surface area contributed by atoms with Gasteiger partial charge in [-0.1, -0.05) is 18.2 Å². The van der Waals surface area contributed by atoms with Crippen molar-refractivity contribution in [2.45, 2.75) is 24.5 Å². The smallest absolute Gasteiger partial charge is 0.438 e. The zero-order valence-corrected chi connectivity index (χ0v) is 17.5. The van der Waals surface area contributed by atoms with Gasteiger partial charge in [0.1, 0.15) is 5.75 Å². The fourth-order valence-electron chi connectivity index (χ4n) is 3.16. The van der Waals surface area contributed by atoms with E-state index in [1.165, 1.54) is 31.4 Å². The molecule has 4 rings (SSSR count). The van der Waals surface area contributed by atoms with Gasteiger partial charge < -0.3 is 9.84 Å². The summed E-state index contributed by atoms with van der Waals surface area (Å²) in [7, 11) is 1.36. The van der Waals surface area contributed by atoms with Crippen LogP contribution in [-0.4, -0.2) is 39.8 Å². The Morgan fingerprint density at radius 1 is 1.06 bits per heavy atom. The summed E-state index contributed by atoms with van der Waals surface area (Å²) in [6.07, 6.45) is -11.3. The van der Waals surface area contributed by atoms with Gasteiger partial charge >= 0.3 is 12.4 Å². The average Bonchev–Trinajstić information content (AvgIpc) is 3.41.